The molecule has 27 heavy (non-hydrogen) atoms. The normalized spacial score (nSPS) is 26.4. The first kappa shape index (κ1) is 19.9. The van der Waals surface area contributed by atoms with E-state index in [1.807, 2.05) is 20.8 Å². The quantitative estimate of drug-likeness (QED) is 0.770. The minimum atomic E-state index is -4.99. The molecule has 0 aromatic heterocycles. The van der Waals surface area contributed by atoms with E-state index in [-0.39, 0.29) is 28.1 Å². The maximum Gasteiger partial charge on any atom is 0.439 e. The summed E-state index contributed by atoms with van der Waals surface area (Å²) in [6.07, 6.45) is -2.37. The Hall–Kier alpha value is -1.89. The molecule has 1 N–H and O–H groups in total. The van der Waals surface area contributed by atoms with Gasteiger partial charge in [0.2, 0.25) is 0 Å². The zero-order chi connectivity index (χ0) is 20.0. The second-order valence-electron chi connectivity index (χ2n) is 8.41. The number of hydrogen-bond donors (Lipinski definition) is 1. The first-order valence-electron chi connectivity index (χ1n) is 9.28. The molecule has 1 amide bonds. The van der Waals surface area contributed by atoms with Gasteiger partial charge in [0, 0.05) is 11.3 Å². The molecule has 1 aliphatic carbocycles. The van der Waals surface area contributed by atoms with Crippen LogP contribution in [-0.2, 0) is 5.41 Å². The molecule has 1 heterocycles. The predicted octanol–water partition coefficient (Wildman–Crippen LogP) is 4.63. The molecule has 1 aliphatic heterocycles. The van der Waals surface area contributed by atoms with Crippen molar-refractivity contribution in [1.82, 2.24) is 5.01 Å². The number of fused-ring (bicyclic) bond motifs is 1. The Morgan fingerprint density at radius 3 is 2.33 bits per heavy atom. The molecule has 0 unspecified atom stereocenters. The molecule has 4 nitrogen and oxygen atoms in total. The van der Waals surface area contributed by atoms with Gasteiger partial charge in [-0.05, 0) is 42.4 Å². The van der Waals surface area contributed by atoms with Gasteiger partial charge in [-0.3, -0.25) is 4.79 Å². The minimum absolute atomic E-state index is 0.0754. The molecule has 2 atom stereocenters. The summed E-state index contributed by atoms with van der Waals surface area (Å²) in [6, 6.07) is 6.44. The van der Waals surface area contributed by atoms with E-state index in [4.69, 9.17) is 0 Å². The monoisotopic (exact) mass is 382 g/mol. The third-order valence-corrected chi connectivity index (χ3v) is 5.47. The molecule has 148 valence electrons. The molecule has 2 aliphatic rings. The van der Waals surface area contributed by atoms with Crippen molar-refractivity contribution >= 4 is 11.6 Å². The molecule has 1 aromatic rings. The van der Waals surface area contributed by atoms with Crippen LogP contribution in [-0.4, -0.2) is 33.6 Å². The first-order chi connectivity index (χ1) is 12.5. The van der Waals surface area contributed by atoms with E-state index in [2.05, 4.69) is 5.10 Å². The maximum atomic E-state index is 13.9. The highest BCUT2D eigenvalue weighted by Crippen LogP contribution is 2.48. The lowest BCUT2D eigenvalue weighted by atomic mass is 9.86. The van der Waals surface area contributed by atoms with Crippen LogP contribution < -0.4 is 0 Å². The molecule has 0 radical (unpaired) electrons. The highest BCUT2D eigenvalue weighted by Gasteiger charge is 2.68. The van der Waals surface area contributed by atoms with Crippen molar-refractivity contribution in [1.29, 1.82) is 0 Å². The van der Waals surface area contributed by atoms with Crippen molar-refractivity contribution in [2.45, 2.75) is 70.2 Å². The molecule has 0 saturated heterocycles. The van der Waals surface area contributed by atoms with E-state index in [9.17, 15) is 23.1 Å². The summed E-state index contributed by atoms with van der Waals surface area (Å²) >= 11 is 0. The standard InChI is InChI=1S/C20H25F3N2O2/c1-18(2,3)14-11-9-13(10-12-14)17(26)25-19(27,20(21,22)23)15-7-5-4-6-8-16(15)24-25/h9-12,15,27H,4-8H2,1-3H3/t15-,19-/m1/s1. The number of benzene rings is 1. The Kier molecular flexibility index (Phi) is 4.87. The summed E-state index contributed by atoms with van der Waals surface area (Å²) in [5.41, 5.74) is -2.12. The van der Waals surface area contributed by atoms with E-state index in [1.165, 1.54) is 12.1 Å². The smallest absolute Gasteiger partial charge is 0.362 e. The minimum Gasteiger partial charge on any atom is -0.362 e. The van der Waals surface area contributed by atoms with Crippen LogP contribution in [0.5, 0.6) is 0 Å². The van der Waals surface area contributed by atoms with E-state index in [0.717, 1.165) is 12.0 Å². The summed E-state index contributed by atoms with van der Waals surface area (Å²) in [6.45, 7) is 6.02. The van der Waals surface area contributed by atoms with Crippen LogP contribution in [0.3, 0.4) is 0 Å². The highest BCUT2D eigenvalue weighted by molar-refractivity contribution is 5.99. The molecule has 1 aromatic carbocycles. The van der Waals surface area contributed by atoms with Gasteiger partial charge < -0.3 is 5.11 Å². The van der Waals surface area contributed by atoms with Gasteiger partial charge in [-0.15, -0.1) is 0 Å². The van der Waals surface area contributed by atoms with Crippen LogP contribution in [0.2, 0.25) is 0 Å². The van der Waals surface area contributed by atoms with Gasteiger partial charge in [-0.25, -0.2) is 0 Å². The molecule has 0 bridgehead atoms. The van der Waals surface area contributed by atoms with E-state index in [1.54, 1.807) is 12.1 Å². The van der Waals surface area contributed by atoms with Gasteiger partial charge in [0.1, 0.15) is 0 Å². The summed E-state index contributed by atoms with van der Waals surface area (Å²) < 4.78 is 41.6. The number of carbonyl (C=O) groups is 1. The number of aliphatic hydroxyl groups is 1. The summed E-state index contributed by atoms with van der Waals surface area (Å²) in [4.78, 5) is 12.9. The lowest BCUT2D eigenvalue weighted by molar-refractivity contribution is -0.312. The molecular formula is C20H25F3N2O2. The highest BCUT2D eigenvalue weighted by atomic mass is 19.4. The number of hydrazone groups is 1. The van der Waals surface area contributed by atoms with Crippen molar-refractivity contribution in [3.8, 4) is 0 Å². The van der Waals surface area contributed by atoms with Crippen LogP contribution in [0.1, 0.15) is 68.8 Å². The van der Waals surface area contributed by atoms with Crippen molar-refractivity contribution < 1.29 is 23.1 Å². The Labute approximate surface area is 157 Å². The van der Waals surface area contributed by atoms with E-state index in [0.29, 0.717) is 19.3 Å². The third-order valence-electron chi connectivity index (χ3n) is 5.47. The second kappa shape index (κ2) is 6.62. The van der Waals surface area contributed by atoms with Gasteiger partial charge in [-0.2, -0.15) is 23.3 Å². The fourth-order valence-corrected chi connectivity index (χ4v) is 3.83. The summed E-state index contributed by atoms with van der Waals surface area (Å²) in [5.74, 6) is -2.13. The van der Waals surface area contributed by atoms with Gasteiger partial charge in [0.05, 0.1) is 5.92 Å². The van der Waals surface area contributed by atoms with Crippen molar-refractivity contribution in [3.63, 3.8) is 0 Å². The molecular weight excluding hydrogens is 357 g/mol. The predicted molar refractivity (Wildman–Crippen MR) is 96.3 cm³/mol. The molecule has 3 rings (SSSR count). The Bertz CT molecular complexity index is 750. The van der Waals surface area contributed by atoms with Crippen LogP contribution in [0.4, 0.5) is 13.2 Å². The molecule has 0 spiro atoms. The number of amides is 1. The number of nitrogens with zero attached hydrogens (tertiary/aromatic N) is 2. The van der Waals surface area contributed by atoms with Crippen molar-refractivity contribution in [2.75, 3.05) is 0 Å². The van der Waals surface area contributed by atoms with Gasteiger partial charge in [-0.1, -0.05) is 45.7 Å². The zero-order valence-corrected chi connectivity index (χ0v) is 15.8. The van der Waals surface area contributed by atoms with Crippen LogP contribution in [0.25, 0.3) is 0 Å². The van der Waals surface area contributed by atoms with E-state index < -0.39 is 23.7 Å². The molecule has 7 heteroatoms. The Morgan fingerprint density at radius 2 is 1.78 bits per heavy atom. The summed E-state index contributed by atoms with van der Waals surface area (Å²) in [7, 11) is 0. The number of alkyl halides is 3. The van der Waals surface area contributed by atoms with Crippen LogP contribution in [0, 0.1) is 5.92 Å². The fourth-order valence-electron chi connectivity index (χ4n) is 3.83. The largest absolute Gasteiger partial charge is 0.439 e. The lowest BCUT2D eigenvalue weighted by Gasteiger charge is -2.37. The van der Waals surface area contributed by atoms with Crippen molar-refractivity contribution in [2.24, 2.45) is 11.0 Å². The fraction of sp³-hybridized carbons (Fsp3) is 0.600. The van der Waals surface area contributed by atoms with Crippen LogP contribution in [0.15, 0.2) is 29.4 Å². The maximum absolute atomic E-state index is 13.9. The number of halogens is 3. The second-order valence-corrected chi connectivity index (χ2v) is 8.41. The van der Waals surface area contributed by atoms with Gasteiger partial charge in [0.25, 0.3) is 11.6 Å². The average molecular weight is 382 g/mol. The Balaban J connectivity index is 1.99. The van der Waals surface area contributed by atoms with Crippen LogP contribution >= 0.6 is 0 Å². The van der Waals surface area contributed by atoms with Gasteiger partial charge in [0.15, 0.2) is 0 Å². The topological polar surface area (TPSA) is 52.9 Å². The van der Waals surface area contributed by atoms with E-state index >= 15 is 0 Å². The summed E-state index contributed by atoms with van der Waals surface area (Å²) in [5, 5.41) is 14.9. The number of carbonyl (C=O) groups excluding carboxylic acids is 1. The first-order valence-corrected chi connectivity index (χ1v) is 9.28. The van der Waals surface area contributed by atoms with Crippen molar-refractivity contribution in [3.05, 3.63) is 35.4 Å². The SMILES string of the molecule is CC(C)(C)c1ccc(C(=O)N2N=C3CCCCC[C@H]3[C@@]2(O)C(F)(F)F)cc1. The molecule has 1 fully saturated rings. The lowest BCUT2D eigenvalue weighted by Crippen LogP contribution is -2.61. The number of hydrogen-bond acceptors (Lipinski definition) is 3. The molecule has 1 saturated carbocycles. The zero-order valence-electron chi connectivity index (χ0n) is 15.8. The average Bonchev–Trinajstić information content (AvgIpc) is 2.73. The van der Waals surface area contributed by atoms with Gasteiger partial charge >= 0.3 is 6.18 Å². The third kappa shape index (κ3) is 3.37. The number of rotatable bonds is 1. The Morgan fingerprint density at radius 1 is 1.15 bits per heavy atom.